The lowest BCUT2D eigenvalue weighted by atomic mass is 9.96. The van der Waals surface area contributed by atoms with Crippen molar-refractivity contribution in [1.29, 1.82) is 0 Å². The maximum Gasteiger partial charge on any atom is 0.304 e. The molecule has 0 unspecified atom stereocenters. The Hall–Kier alpha value is -2.18. The van der Waals surface area contributed by atoms with Gasteiger partial charge in [0.15, 0.2) is 0 Å². The molecule has 0 radical (unpaired) electrons. The number of benzene rings is 2. The number of carboxylic acids is 1. The number of aliphatic carboxylic acids is 1. The van der Waals surface area contributed by atoms with Gasteiger partial charge in [0, 0.05) is 12.5 Å². The number of sulfonamides is 1. The Kier molecular flexibility index (Phi) is 5.30. The first kappa shape index (κ1) is 16.2. The van der Waals surface area contributed by atoms with Gasteiger partial charge < -0.3 is 5.11 Å². The summed E-state index contributed by atoms with van der Waals surface area (Å²) in [5.74, 6) is -1.38. The fraction of sp³-hybridized carbons (Fsp3) is 0.188. The third-order valence-corrected chi connectivity index (χ3v) is 4.70. The second-order valence-corrected chi connectivity index (χ2v) is 6.64. The number of carboxylic acid groups (broad SMARTS) is 1. The highest BCUT2D eigenvalue weighted by molar-refractivity contribution is 7.89. The molecule has 1 atom stereocenters. The maximum absolute atomic E-state index is 12.2. The summed E-state index contributed by atoms with van der Waals surface area (Å²) < 4.78 is 26.9. The normalized spacial score (nSPS) is 12.7. The van der Waals surface area contributed by atoms with Gasteiger partial charge in [-0.3, -0.25) is 4.79 Å². The van der Waals surface area contributed by atoms with Crippen LogP contribution in [-0.4, -0.2) is 26.0 Å². The van der Waals surface area contributed by atoms with E-state index in [1.165, 1.54) is 12.1 Å². The third-order valence-electron chi connectivity index (χ3n) is 3.27. The van der Waals surface area contributed by atoms with Gasteiger partial charge in [0.05, 0.1) is 11.3 Å². The van der Waals surface area contributed by atoms with Gasteiger partial charge in [0.1, 0.15) is 0 Å². The molecule has 2 N–H and O–H groups in total. The molecule has 6 heteroatoms. The van der Waals surface area contributed by atoms with Crippen LogP contribution >= 0.6 is 0 Å². The summed E-state index contributed by atoms with van der Waals surface area (Å²) in [5, 5.41) is 9.01. The zero-order valence-corrected chi connectivity index (χ0v) is 12.7. The van der Waals surface area contributed by atoms with Gasteiger partial charge in [-0.25, -0.2) is 13.1 Å². The molecule has 0 fully saturated rings. The van der Waals surface area contributed by atoms with Crippen LogP contribution in [0.15, 0.2) is 65.6 Å². The smallest absolute Gasteiger partial charge is 0.304 e. The van der Waals surface area contributed by atoms with E-state index in [1.54, 1.807) is 42.5 Å². The zero-order chi connectivity index (χ0) is 16.0. The fourth-order valence-electron chi connectivity index (χ4n) is 2.14. The van der Waals surface area contributed by atoms with Crippen LogP contribution in [0.1, 0.15) is 17.9 Å². The lowest BCUT2D eigenvalue weighted by Crippen LogP contribution is -2.29. The highest BCUT2D eigenvalue weighted by Crippen LogP contribution is 2.19. The molecule has 5 nitrogen and oxygen atoms in total. The standard InChI is InChI=1S/C16H17NO4S/c18-16(19)11-14(13-7-3-1-4-8-13)12-17-22(20,21)15-9-5-2-6-10-15/h1-10,14,17H,11-12H2,(H,18,19)/t14-/m1/s1. The van der Waals surface area contributed by atoms with Crippen molar-refractivity contribution in [2.75, 3.05) is 6.54 Å². The van der Waals surface area contributed by atoms with E-state index in [2.05, 4.69) is 4.72 Å². The summed E-state index contributed by atoms with van der Waals surface area (Å²) in [7, 11) is -3.64. The molecule has 0 saturated carbocycles. The molecule has 0 saturated heterocycles. The van der Waals surface area contributed by atoms with Gasteiger partial charge in [-0.1, -0.05) is 48.5 Å². The monoisotopic (exact) mass is 319 g/mol. The van der Waals surface area contributed by atoms with Crippen LogP contribution in [0.2, 0.25) is 0 Å². The second-order valence-electron chi connectivity index (χ2n) is 4.87. The van der Waals surface area contributed by atoms with Gasteiger partial charge in [0.25, 0.3) is 0 Å². The van der Waals surface area contributed by atoms with E-state index in [0.717, 1.165) is 5.56 Å². The van der Waals surface area contributed by atoms with Crippen molar-refractivity contribution in [2.45, 2.75) is 17.2 Å². The molecule has 0 aliphatic rings. The minimum atomic E-state index is -3.64. The average molecular weight is 319 g/mol. The van der Waals surface area contributed by atoms with E-state index >= 15 is 0 Å². The van der Waals surface area contributed by atoms with E-state index in [-0.39, 0.29) is 17.9 Å². The van der Waals surface area contributed by atoms with E-state index in [0.29, 0.717) is 0 Å². The first-order valence-electron chi connectivity index (χ1n) is 6.80. The summed E-state index contributed by atoms with van der Waals surface area (Å²) in [6, 6.07) is 17.0. The lowest BCUT2D eigenvalue weighted by Gasteiger charge is -2.16. The molecule has 22 heavy (non-hydrogen) atoms. The maximum atomic E-state index is 12.2. The molecule has 0 aromatic heterocycles. The number of nitrogens with one attached hydrogen (secondary N) is 1. The molecule has 0 spiro atoms. The zero-order valence-electron chi connectivity index (χ0n) is 11.8. The Morgan fingerprint density at radius 2 is 1.55 bits per heavy atom. The molecule has 0 aliphatic heterocycles. The quantitative estimate of drug-likeness (QED) is 0.819. The number of carbonyl (C=O) groups is 1. The van der Waals surface area contributed by atoms with E-state index < -0.39 is 21.9 Å². The Labute approximate surface area is 129 Å². The second kappa shape index (κ2) is 7.20. The number of hydrogen-bond donors (Lipinski definition) is 2. The highest BCUT2D eigenvalue weighted by atomic mass is 32.2. The molecular formula is C16H17NO4S. The van der Waals surface area contributed by atoms with E-state index in [9.17, 15) is 13.2 Å². The Bertz CT molecular complexity index is 714. The van der Waals surface area contributed by atoms with Gasteiger partial charge in [-0.2, -0.15) is 0 Å². The molecule has 0 aliphatic carbocycles. The van der Waals surface area contributed by atoms with Gasteiger partial charge >= 0.3 is 5.97 Å². The van der Waals surface area contributed by atoms with Crippen molar-refractivity contribution in [3.05, 3.63) is 66.2 Å². The summed E-state index contributed by atoms with van der Waals surface area (Å²) >= 11 is 0. The largest absolute Gasteiger partial charge is 0.481 e. The lowest BCUT2D eigenvalue weighted by molar-refractivity contribution is -0.137. The van der Waals surface area contributed by atoms with Crippen LogP contribution in [0, 0.1) is 0 Å². The van der Waals surface area contributed by atoms with Crippen molar-refractivity contribution in [3.8, 4) is 0 Å². The fourth-order valence-corrected chi connectivity index (χ4v) is 3.24. The molecule has 0 bridgehead atoms. The molecule has 0 amide bonds. The minimum Gasteiger partial charge on any atom is -0.481 e. The Morgan fingerprint density at radius 1 is 1.00 bits per heavy atom. The van der Waals surface area contributed by atoms with Crippen molar-refractivity contribution < 1.29 is 18.3 Å². The minimum absolute atomic E-state index is 0.0353. The van der Waals surface area contributed by atoms with Crippen LogP contribution in [0.4, 0.5) is 0 Å². The van der Waals surface area contributed by atoms with Crippen molar-refractivity contribution >= 4 is 16.0 Å². The van der Waals surface area contributed by atoms with Crippen molar-refractivity contribution in [1.82, 2.24) is 4.72 Å². The molecule has 2 rings (SSSR count). The Balaban J connectivity index is 2.13. The van der Waals surface area contributed by atoms with Crippen LogP contribution in [-0.2, 0) is 14.8 Å². The molecule has 116 valence electrons. The SMILES string of the molecule is O=C(O)C[C@H](CNS(=O)(=O)c1ccccc1)c1ccccc1. The van der Waals surface area contributed by atoms with Crippen molar-refractivity contribution in [2.24, 2.45) is 0 Å². The summed E-state index contributed by atoms with van der Waals surface area (Å²) in [6.07, 6.45) is -0.138. The van der Waals surface area contributed by atoms with Crippen molar-refractivity contribution in [3.63, 3.8) is 0 Å². The topological polar surface area (TPSA) is 83.5 Å². The predicted molar refractivity (Wildman–Crippen MR) is 83.1 cm³/mol. The predicted octanol–water partition coefficient (Wildman–Crippen LogP) is 2.22. The number of hydrogen-bond acceptors (Lipinski definition) is 3. The van der Waals surface area contributed by atoms with Crippen LogP contribution in [0.3, 0.4) is 0 Å². The average Bonchev–Trinajstić information content (AvgIpc) is 2.53. The third kappa shape index (κ3) is 4.41. The summed E-state index contributed by atoms with van der Waals surface area (Å²) in [5.41, 5.74) is 0.792. The molecule has 2 aromatic carbocycles. The highest BCUT2D eigenvalue weighted by Gasteiger charge is 2.20. The van der Waals surface area contributed by atoms with Gasteiger partial charge in [0.2, 0.25) is 10.0 Å². The first-order chi connectivity index (χ1) is 10.5. The summed E-state index contributed by atoms with van der Waals surface area (Å²) in [6.45, 7) is 0.0353. The van der Waals surface area contributed by atoms with Crippen LogP contribution in [0.5, 0.6) is 0 Å². The Morgan fingerprint density at radius 3 is 2.09 bits per heavy atom. The van der Waals surface area contributed by atoms with E-state index in [1.807, 2.05) is 6.07 Å². The molecule has 2 aromatic rings. The molecule has 0 heterocycles. The molecular weight excluding hydrogens is 302 g/mol. The van der Waals surface area contributed by atoms with Crippen LogP contribution in [0.25, 0.3) is 0 Å². The first-order valence-corrected chi connectivity index (χ1v) is 8.29. The number of rotatable bonds is 7. The van der Waals surface area contributed by atoms with Gasteiger partial charge in [-0.15, -0.1) is 0 Å². The van der Waals surface area contributed by atoms with E-state index in [4.69, 9.17) is 5.11 Å². The summed E-state index contributed by atoms with van der Waals surface area (Å²) in [4.78, 5) is 11.2. The van der Waals surface area contributed by atoms with Gasteiger partial charge in [-0.05, 0) is 17.7 Å². The van der Waals surface area contributed by atoms with Crippen LogP contribution < -0.4 is 4.72 Å².